The van der Waals surface area contributed by atoms with E-state index in [-0.39, 0.29) is 17.7 Å². The largest absolute Gasteiger partial charge is 0.479 e. The Labute approximate surface area is 246 Å². The average molecular weight is 652 g/mol. The lowest BCUT2D eigenvalue weighted by Crippen LogP contribution is -2.46. The zero-order valence-corrected chi connectivity index (χ0v) is 25.1. The van der Waals surface area contributed by atoms with Gasteiger partial charge in [-0.05, 0) is 59.0 Å². The monoisotopic (exact) mass is 650 g/mol. The van der Waals surface area contributed by atoms with E-state index in [1.807, 2.05) is 12.1 Å². The molecule has 0 radical (unpaired) electrons. The third-order valence-corrected chi connectivity index (χ3v) is 8.08. The van der Waals surface area contributed by atoms with Gasteiger partial charge < -0.3 is 30.3 Å². The lowest BCUT2D eigenvalue weighted by molar-refractivity contribution is -0.0155. The van der Waals surface area contributed by atoms with Crippen molar-refractivity contribution in [2.75, 3.05) is 66.4 Å². The highest BCUT2D eigenvalue weighted by atomic mass is 79.9. The van der Waals surface area contributed by atoms with Gasteiger partial charge in [-0.1, -0.05) is 0 Å². The molecule has 2 aliphatic heterocycles. The number of nitrogens with one attached hydrogen (secondary N) is 4. The summed E-state index contributed by atoms with van der Waals surface area (Å²) >= 11 is 3.40. The molecular formula is C26H32BrFN8O4S. The lowest BCUT2D eigenvalue weighted by Gasteiger charge is -2.38. The summed E-state index contributed by atoms with van der Waals surface area (Å²) in [5, 5.41) is 9.58. The summed E-state index contributed by atoms with van der Waals surface area (Å²) in [5.74, 6) is 1.74. The Morgan fingerprint density at radius 1 is 1.12 bits per heavy atom. The summed E-state index contributed by atoms with van der Waals surface area (Å²) < 4.78 is 51.7. The van der Waals surface area contributed by atoms with Gasteiger partial charge in [-0.15, -0.1) is 0 Å². The Hall–Kier alpha value is -3.27. The summed E-state index contributed by atoms with van der Waals surface area (Å²) in [6.45, 7) is 4.37. The highest BCUT2D eigenvalue weighted by Gasteiger charge is 2.29. The van der Waals surface area contributed by atoms with E-state index in [9.17, 15) is 12.8 Å². The molecule has 0 amide bonds. The Balaban J connectivity index is 1.29. The number of ether oxygens (including phenoxy) is 2. The van der Waals surface area contributed by atoms with Crippen LogP contribution in [0.3, 0.4) is 0 Å². The number of sulfonamides is 1. The van der Waals surface area contributed by atoms with Gasteiger partial charge in [0, 0.05) is 38.4 Å². The summed E-state index contributed by atoms with van der Waals surface area (Å²) in [5.41, 5.74) is 0.920. The molecule has 0 aliphatic carbocycles. The van der Waals surface area contributed by atoms with Crippen LogP contribution in [0.1, 0.15) is 12.8 Å². The third kappa shape index (κ3) is 7.52. The van der Waals surface area contributed by atoms with Crippen LogP contribution in [0.5, 0.6) is 5.88 Å². The van der Waals surface area contributed by atoms with Crippen LogP contribution < -0.4 is 30.3 Å². The Bertz CT molecular complexity index is 1480. The first kappa shape index (κ1) is 29.2. The number of nitrogens with zero attached hydrogens (tertiary/aromatic N) is 4. The normalized spacial score (nSPS) is 18.1. The van der Waals surface area contributed by atoms with Crippen molar-refractivity contribution in [3.05, 3.63) is 46.8 Å². The van der Waals surface area contributed by atoms with E-state index < -0.39 is 15.8 Å². The van der Waals surface area contributed by atoms with Crippen molar-refractivity contribution in [2.24, 2.45) is 5.92 Å². The van der Waals surface area contributed by atoms with Gasteiger partial charge in [-0.3, -0.25) is 4.72 Å². The minimum absolute atomic E-state index is 0.0425. The van der Waals surface area contributed by atoms with E-state index >= 15 is 0 Å². The van der Waals surface area contributed by atoms with Crippen molar-refractivity contribution in [1.82, 2.24) is 20.3 Å². The van der Waals surface area contributed by atoms with Crippen LogP contribution in [0, 0.1) is 11.7 Å². The topological polar surface area (TPSA) is 143 Å². The molecule has 0 bridgehead atoms. The molecule has 12 nitrogen and oxygen atoms in total. The number of morpholine rings is 1. The number of rotatable bonds is 9. The molecule has 1 unspecified atom stereocenters. The SMILES string of the molecule is COc1nc(N2CCC(C3CNCCO3)CC2)ccc1Nc1ncc(Br)c(Nc2ccc(F)cc2NS(C)(=O)=O)n1. The first-order valence-corrected chi connectivity index (χ1v) is 15.8. The highest BCUT2D eigenvalue weighted by molar-refractivity contribution is 9.10. The van der Waals surface area contributed by atoms with Crippen LogP contribution in [0.15, 0.2) is 41.0 Å². The van der Waals surface area contributed by atoms with Crippen LogP contribution in [-0.4, -0.2) is 75.6 Å². The van der Waals surface area contributed by atoms with Gasteiger partial charge in [0.05, 0.1) is 41.9 Å². The Morgan fingerprint density at radius 3 is 2.61 bits per heavy atom. The van der Waals surface area contributed by atoms with Gasteiger partial charge in [0.1, 0.15) is 23.1 Å². The molecule has 1 atom stereocenters. The van der Waals surface area contributed by atoms with E-state index in [1.54, 1.807) is 7.11 Å². The fourth-order valence-corrected chi connectivity index (χ4v) is 5.78. The highest BCUT2D eigenvalue weighted by Crippen LogP contribution is 2.33. The second-order valence-electron chi connectivity index (χ2n) is 9.87. The fraction of sp³-hybridized carbons (Fsp3) is 0.423. The molecule has 220 valence electrons. The number of pyridine rings is 1. The minimum Gasteiger partial charge on any atom is -0.479 e. The maximum absolute atomic E-state index is 13.8. The number of aromatic nitrogens is 3. The van der Waals surface area contributed by atoms with Crippen molar-refractivity contribution in [2.45, 2.75) is 18.9 Å². The standard InChI is InChI=1S/C26H32BrFN8O4S/c1-39-25-20(5-6-23(33-25)36-10-7-16(8-11-36)22-15-29-9-12-40-22)32-26-30-14-18(27)24(34-26)31-19-4-3-17(28)13-21(19)35-41(2,37)38/h3-6,13-14,16,22,29,35H,7-12,15H2,1-2H3,(H2,30,31,32,34). The summed E-state index contributed by atoms with van der Waals surface area (Å²) in [6, 6.07) is 7.51. The van der Waals surface area contributed by atoms with E-state index in [4.69, 9.17) is 14.5 Å². The molecule has 2 saturated heterocycles. The first-order valence-electron chi connectivity index (χ1n) is 13.1. The molecular weight excluding hydrogens is 619 g/mol. The number of piperidine rings is 1. The Kier molecular flexibility index (Phi) is 9.06. The summed E-state index contributed by atoms with van der Waals surface area (Å²) in [6.07, 6.45) is 4.87. The first-order chi connectivity index (χ1) is 19.7. The molecule has 0 spiro atoms. The van der Waals surface area contributed by atoms with Crippen LogP contribution in [-0.2, 0) is 14.8 Å². The predicted octanol–water partition coefficient (Wildman–Crippen LogP) is 3.85. The van der Waals surface area contributed by atoms with Crippen molar-refractivity contribution >= 4 is 60.6 Å². The van der Waals surface area contributed by atoms with E-state index in [0.717, 1.165) is 63.8 Å². The number of methoxy groups -OCH3 is 1. The van der Waals surface area contributed by atoms with E-state index in [1.165, 1.54) is 18.3 Å². The van der Waals surface area contributed by atoms with Crippen LogP contribution in [0.4, 0.5) is 39.0 Å². The second-order valence-corrected chi connectivity index (χ2v) is 12.5. The number of benzene rings is 1. The molecule has 3 aromatic rings. The lowest BCUT2D eigenvalue weighted by atomic mass is 9.90. The van der Waals surface area contributed by atoms with Gasteiger partial charge in [0.25, 0.3) is 0 Å². The van der Waals surface area contributed by atoms with Gasteiger partial charge in [0.2, 0.25) is 21.9 Å². The van der Waals surface area contributed by atoms with Crippen molar-refractivity contribution in [3.63, 3.8) is 0 Å². The number of halogens is 2. The molecule has 2 aliphatic rings. The smallest absolute Gasteiger partial charge is 0.239 e. The predicted molar refractivity (Wildman–Crippen MR) is 159 cm³/mol. The fourth-order valence-electron chi connectivity index (χ4n) is 4.92. The van der Waals surface area contributed by atoms with Crippen molar-refractivity contribution in [1.29, 1.82) is 0 Å². The molecule has 41 heavy (non-hydrogen) atoms. The van der Waals surface area contributed by atoms with Gasteiger partial charge in [-0.25, -0.2) is 17.8 Å². The average Bonchev–Trinajstić information content (AvgIpc) is 2.96. The summed E-state index contributed by atoms with van der Waals surface area (Å²) in [7, 11) is -2.09. The molecule has 4 heterocycles. The molecule has 4 N–H and O–H groups in total. The van der Waals surface area contributed by atoms with E-state index in [2.05, 4.69) is 51.5 Å². The minimum atomic E-state index is -3.64. The zero-order chi connectivity index (χ0) is 29.0. The van der Waals surface area contributed by atoms with Gasteiger partial charge >= 0.3 is 0 Å². The number of hydrogen-bond acceptors (Lipinski definition) is 11. The Morgan fingerprint density at radius 2 is 1.90 bits per heavy atom. The molecule has 2 fully saturated rings. The molecule has 5 rings (SSSR count). The van der Waals surface area contributed by atoms with Crippen LogP contribution in [0.25, 0.3) is 0 Å². The zero-order valence-electron chi connectivity index (χ0n) is 22.7. The number of anilines is 6. The van der Waals surface area contributed by atoms with Crippen LogP contribution in [0.2, 0.25) is 0 Å². The number of hydrogen-bond donors (Lipinski definition) is 4. The third-order valence-electron chi connectivity index (χ3n) is 6.91. The van der Waals surface area contributed by atoms with Crippen LogP contribution >= 0.6 is 15.9 Å². The molecule has 2 aromatic heterocycles. The summed E-state index contributed by atoms with van der Waals surface area (Å²) in [4.78, 5) is 15.8. The van der Waals surface area contributed by atoms with Crippen molar-refractivity contribution in [3.8, 4) is 5.88 Å². The molecule has 0 saturated carbocycles. The quantitative estimate of drug-likeness (QED) is 0.268. The molecule has 15 heteroatoms. The molecule has 1 aromatic carbocycles. The maximum Gasteiger partial charge on any atom is 0.239 e. The maximum atomic E-state index is 13.8. The van der Waals surface area contributed by atoms with E-state index in [0.29, 0.717) is 33.5 Å². The van der Waals surface area contributed by atoms with Gasteiger partial charge in [-0.2, -0.15) is 9.97 Å². The van der Waals surface area contributed by atoms with Gasteiger partial charge in [0.15, 0.2) is 0 Å². The van der Waals surface area contributed by atoms with Crippen molar-refractivity contribution < 1.29 is 22.3 Å². The second kappa shape index (κ2) is 12.7.